The molecular formula is C23H28N2O4. The number of methoxy groups -OCH3 is 2. The Kier molecular flexibility index (Phi) is 6.42. The van der Waals surface area contributed by atoms with Gasteiger partial charge in [-0.1, -0.05) is 0 Å². The third-order valence-electron chi connectivity index (χ3n) is 5.44. The molecule has 2 aromatic carbocycles. The number of ether oxygens (including phenoxy) is 2. The molecule has 0 radical (unpaired) electrons. The van der Waals surface area contributed by atoms with Gasteiger partial charge in [0.15, 0.2) is 0 Å². The minimum atomic E-state index is -0.281. The molecule has 0 saturated carbocycles. The topological polar surface area (TPSA) is 67.9 Å². The van der Waals surface area contributed by atoms with Crippen molar-refractivity contribution >= 4 is 17.5 Å². The van der Waals surface area contributed by atoms with Crippen molar-refractivity contribution in [1.29, 1.82) is 0 Å². The molecule has 1 saturated heterocycles. The molecule has 154 valence electrons. The molecule has 3 rings (SSSR count). The van der Waals surface area contributed by atoms with Crippen molar-refractivity contribution in [2.24, 2.45) is 0 Å². The number of aryl methyl sites for hydroxylation is 1. The highest BCUT2D eigenvalue weighted by molar-refractivity contribution is 6.07. The number of hydrogen-bond donors (Lipinski definition) is 1. The Bertz CT molecular complexity index is 910. The van der Waals surface area contributed by atoms with Crippen LogP contribution in [0.1, 0.15) is 52.5 Å². The number of hydrogen-bond acceptors (Lipinski definition) is 4. The van der Waals surface area contributed by atoms with Gasteiger partial charge >= 0.3 is 0 Å². The standard InChI is InChI=1S/C23H28N2O4/c1-15-13-17(23(27)25-12-6-5-7-16(25)2)8-11-20(15)24-22(26)19-10-9-18(28-3)14-21(19)29-4/h8-11,13-14,16H,5-7,12H2,1-4H3,(H,24,26). The Hall–Kier alpha value is -3.02. The van der Waals surface area contributed by atoms with Crippen LogP contribution in [0.3, 0.4) is 0 Å². The summed E-state index contributed by atoms with van der Waals surface area (Å²) >= 11 is 0. The van der Waals surface area contributed by atoms with E-state index in [9.17, 15) is 9.59 Å². The number of piperidine rings is 1. The van der Waals surface area contributed by atoms with Crippen LogP contribution in [0.2, 0.25) is 0 Å². The fraction of sp³-hybridized carbons (Fsp3) is 0.391. The monoisotopic (exact) mass is 396 g/mol. The number of anilines is 1. The molecule has 1 N–H and O–H groups in total. The molecule has 6 nitrogen and oxygen atoms in total. The lowest BCUT2D eigenvalue weighted by Crippen LogP contribution is -2.42. The maximum atomic E-state index is 12.9. The van der Waals surface area contributed by atoms with Gasteiger partial charge in [0, 0.05) is 29.9 Å². The van der Waals surface area contributed by atoms with E-state index in [1.54, 1.807) is 37.4 Å². The number of nitrogens with zero attached hydrogens (tertiary/aromatic N) is 1. The molecule has 1 fully saturated rings. The Morgan fingerprint density at radius 2 is 1.86 bits per heavy atom. The van der Waals surface area contributed by atoms with Gasteiger partial charge in [-0.15, -0.1) is 0 Å². The molecule has 1 atom stereocenters. The summed E-state index contributed by atoms with van der Waals surface area (Å²) in [5.41, 5.74) is 2.56. The summed E-state index contributed by atoms with van der Waals surface area (Å²) in [5, 5.41) is 2.91. The smallest absolute Gasteiger partial charge is 0.259 e. The summed E-state index contributed by atoms with van der Waals surface area (Å²) in [5.74, 6) is 0.820. The van der Waals surface area contributed by atoms with E-state index in [1.165, 1.54) is 13.5 Å². The first-order valence-corrected chi connectivity index (χ1v) is 9.89. The summed E-state index contributed by atoms with van der Waals surface area (Å²) in [6, 6.07) is 10.7. The average Bonchev–Trinajstić information content (AvgIpc) is 2.74. The van der Waals surface area contributed by atoms with Crippen LogP contribution in [0.15, 0.2) is 36.4 Å². The number of nitrogens with one attached hydrogen (secondary N) is 1. The van der Waals surface area contributed by atoms with E-state index in [1.807, 2.05) is 17.9 Å². The fourth-order valence-electron chi connectivity index (χ4n) is 3.68. The molecule has 6 heteroatoms. The number of likely N-dealkylation sites (tertiary alicyclic amines) is 1. The van der Waals surface area contributed by atoms with Gasteiger partial charge in [-0.2, -0.15) is 0 Å². The van der Waals surface area contributed by atoms with Crippen LogP contribution >= 0.6 is 0 Å². The highest BCUT2D eigenvalue weighted by Gasteiger charge is 2.24. The van der Waals surface area contributed by atoms with E-state index in [4.69, 9.17) is 9.47 Å². The van der Waals surface area contributed by atoms with Crippen LogP contribution in [-0.4, -0.2) is 43.5 Å². The zero-order valence-electron chi connectivity index (χ0n) is 17.5. The quantitative estimate of drug-likeness (QED) is 0.819. The van der Waals surface area contributed by atoms with E-state index in [-0.39, 0.29) is 17.9 Å². The Balaban J connectivity index is 1.77. The van der Waals surface area contributed by atoms with Crippen molar-refractivity contribution in [1.82, 2.24) is 4.90 Å². The second kappa shape index (κ2) is 8.99. The Labute approximate surface area is 171 Å². The molecular weight excluding hydrogens is 368 g/mol. The van der Waals surface area contributed by atoms with Gasteiger partial charge in [0.05, 0.1) is 19.8 Å². The van der Waals surface area contributed by atoms with Crippen LogP contribution in [-0.2, 0) is 0 Å². The summed E-state index contributed by atoms with van der Waals surface area (Å²) in [6.45, 7) is 4.78. The van der Waals surface area contributed by atoms with E-state index < -0.39 is 0 Å². The molecule has 2 amide bonds. The largest absolute Gasteiger partial charge is 0.497 e. The highest BCUT2D eigenvalue weighted by atomic mass is 16.5. The maximum absolute atomic E-state index is 12.9. The van der Waals surface area contributed by atoms with Gasteiger partial charge in [-0.05, 0) is 69.0 Å². The molecule has 1 heterocycles. The SMILES string of the molecule is COc1ccc(C(=O)Nc2ccc(C(=O)N3CCCCC3C)cc2C)c(OC)c1. The van der Waals surface area contributed by atoms with E-state index >= 15 is 0 Å². The lowest BCUT2D eigenvalue weighted by molar-refractivity contribution is 0.0635. The van der Waals surface area contributed by atoms with Crippen LogP contribution in [0.25, 0.3) is 0 Å². The van der Waals surface area contributed by atoms with Gasteiger partial charge in [0.2, 0.25) is 0 Å². The van der Waals surface area contributed by atoms with E-state index in [2.05, 4.69) is 12.2 Å². The van der Waals surface area contributed by atoms with Crippen molar-refractivity contribution < 1.29 is 19.1 Å². The van der Waals surface area contributed by atoms with Gasteiger partial charge in [0.25, 0.3) is 11.8 Å². The molecule has 0 aliphatic carbocycles. The molecule has 0 aromatic heterocycles. The summed E-state index contributed by atoms with van der Waals surface area (Å²) < 4.78 is 10.5. The normalized spacial score (nSPS) is 16.3. The fourth-order valence-corrected chi connectivity index (χ4v) is 3.68. The molecule has 0 bridgehead atoms. The highest BCUT2D eigenvalue weighted by Crippen LogP contribution is 2.27. The van der Waals surface area contributed by atoms with Crippen molar-refractivity contribution in [3.8, 4) is 11.5 Å². The molecule has 0 spiro atoms. The summed E-state index contributed by atoms with van der Waals surface area (Å²) in [4.78, 5) is 27.6. The van der Waals surface area contributed by atoms with Crippen LogP contribution in [0.5, 0.6) is 11.5 Å². The first-order chi connectivity index (χ1) is 13.9. The number of carbonyl (C=O) groups is 2. The van der Waals surface area contributed by atoms with E-state index in [0.29, 0.717) is 28.3 Å². The van der Waals surface area contributed by atoms with E-state index in [0.717, 1.165) is 24.9 Å². The predicted octanol–water partition coefficient (Wildman–Crippen LogP) is 4.28. The molecule has 1 aliphatic heterocycles. The van der Waals surface area contributed by atoms with Crippen LogP contribution in [0, 0.1) is 6.92 Å². The number of carbonyl (C=O) groups excluding carboxylic acids is 2. The van der Waals surface area contributed by atoms with Gasteiger partial charge in [-0.25, -0.2) is 0 Å². The minimum Gasteiger partial charge on any atom is -0.497 e. The number of rotatable bonds is 5. The number of benzene rings is 2. The second-order valence-corrected chi connectivity index (χ2v) is 7.39. The first kappa shape index (κ1) is 20.7. The Morgan fingerprint density at radius 1 is 1.07 bits per heavy atom. The second-order valence-electron chi connectivity index (χ2n) is 7.39. The maximum Gasteiger partial charge on any atom is 0.259 e. The number of amides is 2. The summed E-state index contributed by atoms with van der Waals surface area (Å²) in [7, 11) is 3.07. The average molecular weight is 396 g/mol. The van der Waals surface area contributed by atoms with Crippen LogP contribution in [0.4, 0.5) is 5.69 Å². The zero-order valence-corrected chi connectivity index (χ0v) is 17.5. The lowest BCUT2D eigenvalue weighted by Gasteiger charge is -2.33. The summed E-state index contributed by atoms with van der Waals surface area (Å²) in [6.07, 6.45) is 3.26. The van der Waals surface area contributed by atoms with Crippen LogP contribution < -0.4 is 14.8 Å². The van der Waals surface area contributed by atoms with Crippen molar-refractivity contribution in [3.63, 3.8) is 0 Å². The third-order valence-corrected chi connectivity index (χ3v) is 5.44. The first-order valence-electron chi connectivity index (χ1n) is 9.89. The zero-order chi connectivity index (χ0) is 21.0. The predicted molar refractivity (Wildman–Crippen MR) is 113 cm³/mol. The van der Waals surface area contributed by atoms with Crippen molar-refractivity contribution in [2.75, 3.05) is 26.1 Å². The molecule has 2 aromatic rings. The minimum absolute atomic E-state index is 0.0509. The Morgan fingerprint density at radius 3 is 2.52 bits per heavy atom. The molecule has 29 heavy (non-hydrogen) atoms. The van der Waals surface area contributed by atoms with Gasteiger partial charge in [-0.3, -0.25) is 9.59 Å². The third kappa shape index (κ3) is 4.53. The van der Waals surface area contributed by atoms with Crippen molar-refractivity contribution in [2.45, 2.75) is 39.2 Å². The molecule has 1 aliphatic rings. The van der Waals surface area contributed by atoms with Crippen molar-refractivity contribution in [3.05, 3.63) is 53.1 Å². The van der Waals surface area contributed by atoms with Gasteiger partial charge < -0.3 is 19.7 Å². The molecule has 1 unspecified atom stereocenters. The lowest BCUT2D eigenvalue weighted by atomic mass is 10.0. The van der Waals surface area contributed by atoms with Gasteiger partial charge in [0.1, 0.15) is 11.5 Å².